The Morgan fingerprint density at radius 1 is 1.42 bits per heavy atom. The van der Waals surface area contributed by atoms with E-state index in [1.54, 1.807) is 12.4 Å². The Balaban J connectivity index is 2.19. The van der Waals surface area contributed by atoms with Crippen LogP contribution in [0.25, 0.3) is 0 Å². The Morgan fingerprint density at radius 2 is 2.17 bits per heavy atom. The summed E-state index contributed by atoms with van der Waals surface area (Å²) >= 11 is 0. The molecule has 4 heteroatoms. The van der Waals surface area contributed by atoms with Gasteiger partial charge < -0.3 is 10.6 Å². The molecule has 1 unspecified atom stereocenters. The Hall–Kier alpha value is -1.16. The van der Waals surface area contributed by atoms with Gasteiger partial charge in [0, 0.05) is 18.9 Å². The summed E-state index contributed by atoms with van der Waals surface area (Å²) in [6, 6.07) is 1.81. The van der Waals surface area contributed by atoms with E-state index in [-0.39, 0.29) is 6.17 Å². The Kier molecular flexibility index (Phi) is 1.91. The smallest absolute Gasteiger partial charge is 0.226 e. The molecular weight excluding hydrogens is 152 g/mol. The van der Waals surface area contributed by atoms with Gasteiger partial charge in [-0.1, -0.05) is 0 Å². The minimum atomic E-state index is 0.104. The Morgan fingerprint density at radius 3 is 2.75 bits per heavy atom. The van der Waals surface area contributed by atoms with E-state index in [0.717, 1.165) is 25.3 Å². The molecule has 0 amide bonds. The molecule has 2 rings (SSSR count). The summed E-state index contributed by atoms with van der Waals surface area (Å²) in [5.41, 5.74) is 5.86. The van der Waals surface area contributed by atoms with Crippen LogP contribution in [0, 0.1) is 0 Å². The maximum absolute atomic E-state index is 5.86. The van der Waals surface area contributed by atoms with Crippen molar-refractivity contribution in [3.8, 4) is 0 Å². The second-order valence-corrected chi connectivity index (χ2v) is 2.95. The van der Waals surface area contributed by atoms with Crippen molar-refractivity contribution in [1.29, 1.82) is 0 Å². The fourth-order valence-corrected chi connectivity index (χ4v) is 1.48. The SMILES string of the molecule is NC1CCCN1c1ncccn1. The van der Waals surface area contributed by atoms with E-state index < -0.39 is 0 Å². The van der Waals surface area contributed by atoms with Gasteiger partial charge in [0.1, 0.15) is 0 Å². The zero-order valence-electron chi connectivity index (χ0n) is 6.85. The molecule has 0 aromatic carbocycles. The lowest BCUT2D eigenvalue weighted by molar-refractivity contribution is 0.685. The number of hydrogen-bond acceptors (Lipinski definition) is 4. The van der Waals surface area contributed by atoms with Crippen molar-refractivity contribution < 1.29 is 0 Å². The predicted molar refractivity (Wildman–Crippen MR) is 46.6 cm³/mol. The van der Waals surface area contributed by atoms with Crippen LogP contribution in [0.4, 0.5) is 5.95 Å². The molecule has 1 aromatic heterocycles. The quantitative estimate of drug-likeness (QED) is 0.651. The summed E-state index contributed by atoms with van der Waals surface area (Å²) in [6.45, 7) is 0.977. The van der Waals surface area contributed by atoms with Crippen molar-refractivity contribution in [3.63, 3.8) is 0 Å². The van der Waals surface area contributed by atoms with E-state index in [4.69, 9.17) is 5.73 Å². The molecule has 1 aliphatic heterocycles. The molecular formula is C8H12N4. The molecule has 2 heterocycles. The first-order valence-corrected chi connectivity index (χ1v) is 4.17. The number of nitrogens with zero attached hydrogens (tertiary/aromatic N) is 3. The monoisotopic (exact) mass is 164 g/mol. The van der Waals surface area contributed by atoms with Crippen molar-refractivity contribution in [2.45, 2.75) is 19.0 Å². The minimum absolute atomic E-state index is 0.104. The van der Waals surface area contributed by atoms with Gasteiger partial charge in [-0.25, -0.2) is 9.97 Å². The van der Waals surface area contributed by atoms with Gasteiger partial charge >= 0.3 is 0 Å². The average molecular weight is 164 g/mol. The molecule has 0 saturated carbocycles. The maximum Gasteiger partial charge on any atom is 0.226 e. The lowest BCUT2D eigenvalue weighted by atomic mass is 10.3. The maximum atomic E-state index is 5.86. The first-order valence-electron chi connectivity index (χ1n) is 4.17. The summed E-state index contributed by atoms with van der Waals surface area (Å²) < 4.78 is 0. The highest BCUT2D eigenvalue weighted by Gasteiger charge is 2.22. The highest BCUT2D eigenvalue weighted by molar-refractivity contribution is 5.31. The van der Waals surface area contributed by atoms with Crippen molar-refractivity contribution in [3.05, 3.63) is 18.5 Å². The molecule has 12 heavy (non-hydrogen) atoms. The summed E-state index contributed by atoms with van der Waals surface area (Å²) in [6.07, 6.45) is 5.77. The fourth-order valence-electron chi connectivity index (χ4n) is 1.48. The third-order valence-corrected chi connectivity index (χ3v) is 2.11. The molecule has 1 aromatic rings. The third-order valence-electron chi connectivity index (χ3n) is 2.11. The van der Waals surface area contributed by atoms with E-state index in [9.17, 15) is 0 Å². The van der Waals surface area contributed by atoms with Crippen LogP contribution in [0.5, 0.6) is 0 Å². The van der Waals surface area contributed by atoms with Gasteiger partial charge in [-0.3, -0.25) is 0 Å². The van der Waals surface area contributed by atoms with E-state index in [1.807, 2.05) is 11.0 Å². The first-order chi connectivity index (χ1) is 5.88. The van der Waals surface area contributed by atoms with E-state index in [1.165, 1.54) is 0 Å². The number of anilines is 1. The summed E-state index contributed by atoms with van der Waals surface area (Å²) in [4.78, 5) is 10.3. The Labute approximate surface area is 71.4 Å². The highest BCUT2D eigenvalue weighted by Crippen LogP contribution is 2.17. The lowest BCUT2D eigenvalue weighted by Crippen LogP contribution is -2.37. The molecule has 1 aliphatic rings. The zero-order valence-corrected chi connectivity index (χ0v) is 6.85. The number of rotatable bonds is 1. The van der Waals surface area contributed by atoms with E-state index in [0.29, 0.717) is 0 Å². The largest absolute Gasteiger partial charge is 0.326 e. The Bertz CT molecular complexity index is 248. The molecule has 0 spiro atoms. The van der Waals surface area contributed by atoms with Gasteiger partial charge in [0.15, 0.2) is 0 Å². The second kappa shape index (κ2) is 3.06. The van der Waals surface area contributed by atoms with Crippen molar-refractivity contribution in [2.24, 2.45) is 5.73 Å². The zero-order chi connectivity index (χ0) is 8.39. The normalized spacial score (nSPS) is 23.1. The fraction of sp³-hybridized carbons (Fsp3) is 0.500. The van der Waals surface area contributed by atoms with Crippen LogP contribution in [0.15, 0.2) is 18.5 Å². The molecule has 0 bridgehead atoms. The van der Waals surface area contributed by atoms with Crippen LogP contribution in [-0.2, 0) is 0 Å². The van der Waals surface area contributed by atoms with Crippen molar-refractivity contribution >= 4 is 5.95 Å². The van der Waals surface area contributed by atoms with Gasteiger partial charge in [-0.05, 0) is 18.9 Å². The van der Waals surface area contributed by atoms with Gasteiger partial charge in [0.25, 0.3) is 0 Å². The van der Waals surface area contributed by atoms with Crippen LogP contribution in [-0.4, -0.2) is 22.7 Å². The molecule has 64 valence electrons. The molecule has 0 radical (unpaired) electrons. The van der Waals surface area contributed by atoms with Crippen LogP contribution in [0.2, 0.25) is 0 Å². The average Bonchev–Trinajstić information content (AvgIpc) is 2.53. The molecule has 1 fully saturated rings. The molecule has 1 atom stereocenters. The van der Waals surface area contributed by atoms with Gasteiger partial charge in [0.2, 0.25) is 5.95 Å². The van der Waals surface area contributed by atoms with Crippen LogP contribution >= 0.6 is 0 Å². The standard InChI is InChI=1S/C8H12N4/c9-7-3-1-6-12(7)8-10-4-2-5-11-8/h2,4-5,7H,1,3,6,9H2. The van der Waals surface area contributed by atoms with Gasteiger partial charge in [-0.15, -0.1) is 0 Å². The topological polar surface area (TPSA) is 55.0 Å². The summed E-state index contributed by atoms with van der Waals surface area (Å²) in [7, 11) is 0. The van der Waals surface area contributed by atoms with Crippen molar-refractivity contribution in [1.82, 2.24) is 9.97 Å². The minimum Gasteiger partial charge on any atom is -0.326 e. The van der Waals surface area contributed by atoms with Gasteiger partial charge in [0.05, 0.1) is 6.17 Å². The lowest BCUT2D eigenvalue weighted by Gasteiger charge is -2.20. The first kappa shape index (κ1) is 7.49. The second-order valence-electron chi connectivity index (χ2n) is 2.95. The molecule has 1 saturated heterocycles. The molecule has 0 aliphatic carbocycles. The summed E-state index contributed by atoms with van der Waals surface area (Å²) in [5.74, 6) is 0.752. The molecule has 2 N–H and O–H groups in total. The number of hydrogen-bond donors (Lipinski definition) is 1. The van der Waals surface area contributed by atoms with E-state index in [2.05, 4.69) is 9.97 Å². The van der Waals surface area contributed by atoms with E-state index >= 15 is 0 Å². The van der Waals surface area contributed by atoms with Crippen molar-refractivity contribution in [2.75, 3.05) is 11.4 Å². The van der Waals surface area contributed by atoms with Crippen LogP contribution in [0.3, 0.4) is 0 Å². The molecule has 4 nitrogen and oxygen atoms in total. The number of nitrogens with two attached hydrogens (primary N) is 1. The third kappa shape index (κ3) is 1.25. The number of aromatic nitrogens is 2. The predicted octanol–water partition coefficient (Wildman–Crippen LogP) is 0.362. The van der Waals surface area contributed by atoms with Gasteiger partial charge in [-0.2, -0.15) is 0 Å². The van der Waals surface area contributed by atoms with Crippen LogP contribution < -0.4 is 10.6 Å². The highest BCUT2D eigenvalue weighted by atomic mass is 15.3. The van der Waals surface area contributed by atoms with Crippen LogP contribution in [0.1, 0.15) is 12.8 Å². The summed E-state index contributed by atoms with van der Waals surface area (Å²) in [5, 5.41) is 0.